The molecule has 0 N–H and O–H groups in total. The third-order valence-electron chi connectivity index (χ3n) is 3.26. The van der Waals surface area contributed by atoms with Gasteiger partial charge in [0.1, 0.15) is 0 Å². The molecule has 1 radical (unpaired) electrons. The van der Waals surface area contributed by atoms with Crippen molar-refractivity contribution in [1.82, 2.24) is 15.1 Å². The van der Waals surface area contributed by atoms with E-state index >= 15 is 0 Å². The maximum atomic E-state index is 11.4. The molecule has 1 heterocycles. The van der Waals surface area contributed by atoms with E-state index in [-0.39, 0.29) is 5.91 Å². The second kappa shape index (κ2) is 6.86. The summed E-state index contributed by atoms with van der Waals surface area (Å²) in [5.74, 6) is 0.229. The fraction of sp³-hybridized carbons (Fsp3) is 0.917. The summed E-state index contributed by atoms with van der Waals surface area (Å²) in [5.41, 5.74) is 0. The van der Waals surface area contributed by atoms with E-state index in [1.165, 1.54) is 12.8 Å². The van der Waals surface area contributed by atoms with Gasteiger partial charge in [-0.05, 0) is 32.9 Å². The van der Waals surface area contributed by atoms with Crippen LogP contribution in [0.1, 0.15) is 25.7 Å². The van der Waals surface area contributed by atoms with Crippen molar-refractivity contribution in [3.8, 4) is 0 Å². The molecule has 1 fully saturated rings. The summed E-state index contributed by atoms with van der Waals surface area (Å²) in [4.78, 5) is 15.4. The van der Waals surface area contributed by atoms with Gasteiger partial charge in [0.15, 0.2) is 0 Å². The summed E-state index contributed by atoms with van der Waals surface area (Å²) in [5, 5.41) is 4.35. The van der Waals surface area contributed by atoms with E-state index in [0.717, 1.165) is 26.1 Å². The minimum atomic E-state index is 0.229. The Morgan fingerprint density at radius 1 is 1.25 bits per heavy atom. The minimum Gasteiger partial charge on any atom is -0.349 e. The van der Waals surface area contributed by atoms with Crippen LogP contribution < -0.4 is 5.32 Å². The van der Waals surface area contributed by atoms with Crippen LogP contribution in [-0.4, -0.2) is 62.5 Å². The molecule has 0 atom stereocenters. The van der Waals surface area contributed by atoms with Crippen molar-refractivity contribution in [2.24, 2.45) is 0 Å². The molecule has 0 aromatic rings. The van der Waals surface area contributed by atoms with E-state index in [1.54, 1.807) is 4.90 Å². The molecular weight excluding hydrogens is 202 g/mol. The molecule has 4 nitrogen and oxygen atoms in total. The number of hydrogen-bond acceptors (Lipinski definition) is 2. The molecule has 16 heavy (non-hydrogen) atoms. The minimum absolute atomic E-state index is 0.229. The number of rotatable bonds is 5. The number of carbonyl (C=O) groups excluding carboxylic acids is 1. The second-order valence-corrected chi connectivity index (χ2v) is 4.77. The summed E-state index contributed by atoms with van der Waals surface area (Å²) in [6.45, 7) is 3.03. The van der Waals surface area contributed by atoms with E-state index in [2.05, 4.69) is 17.3 Å². The number of hydrogen-bond donors (Lipinski definition) is 0. The van der Waals surface area contributed by atoms with Gasteiger partial charge in [-0.25, -0.2) is 5.32 Å². The van der Waals surface area contributed by atoms with Crippen molar-refractivity contribution in [3.05, 3.63) is 0 Å². The van der Waals surface area contributed by atoms with Crippen LogP contribution in [0.25, 0.3) is 0 Å². The summed E-state index contributed by atoms with van der Waals surface area (Å²) in [7, 11) is 5.79. The molecule has 0 aromatic heterocycles. The van der Waals surface area contributed by atoms with Gasteiger partial charge in [0.25, 0.3) is 0 Å². The number of piperidine rings is 1. The Labute approximate surface area is 99.0 Å². The molecule has 0 unspecified atom stereocenters. The van der Waals surface area contributed by atoms with E-state index in [0.29, 0.717) is 12.5 Å². The topological polar surface area (TPSA) is 37.7 Å². The van der Waals surface area contributed by atoms with Gasteiger partial charge in [0, 0.05) is 39.6 Å². The van der Waals surface area contributed by atoms with Crippen LogP contribution in [0.3, 0.4) is 0 Å². The molecule has 4 heteroatoms. The number of nitrogens with zero attached hydrogens (tertiary/aromatic N) is 3. The fourth-order valence-electron chi connectivity index (χ4n) is 2.06. The third-order valence-corrected chi connectivity index (χ3v) is 3.26. The molecular formula is C12H24N3O. The largest absolute Gasteiger partial charge is 0.349 e. The van der Waals surface area contributed by atoms with Crippen molar-refractivity contribution < 1.29 is 4.79 Å². The lowest BCUT2D eigenvalue weighted by molar-refractivity contribution is -0.128. The van der Waals surface area contributed by atoms with Gasteiger partial charge in [-0.3, -0.25) is 4.79 Å². The predicted molar refractivity (Wildman–Crippen MR) is 65.4 cm³/mol. The van der Waals surface area contributed by atoms with Crippen LogP contribution >= 0.6 is 0 Å². The van der Waals surface area contributed by atoms with Crippen LogP contribution in [-0.2, 0) is 4.79 Å². The molecule has 0 spiro atoms. The van der Waals surface area contributed by atoms with Crippen LogP contribution in [0, 0.1) is 0 Å². The standard InChI is InChI=1S/C12H24N3O/c1-14(2)12(16)5-4-10-15(3)11-6-8-13-9-7-11/h11H,4-10H2,1-3H3. The molecule has 1 aliphatic rings. The van der Waals surface area contributed by atoms with Crippen LogP contribution in [0.2, 0.25) is 0 Å². The van der Waals surface area contributed by atoms with Gasteiger partial charge >= 0.3 is 0 Å². The molecule has 1 amide bonds. The lowest BCUT2D eigenvalue weighted by Crippen LogP contribution is -2.39. The average Bonchev–Trinajstić information content (AvgIpc) is 2.29. The molecule has 1 saturated heterocycles. The van der Waals surface area contributed by atoms with E-state index < -0.39 is 0 Å². The van der Waals surface area contributed by atoms with Crippen LogP contribution in [0.4, 0.5) is 0 Å². The van der Waals surface area contributed by atoms with Gasteiger partial charge in [-0.1, -0.05) is 0 Å². The lowest BCUT2D eigenvalue weighted by Gasteiger charge is -2.31. The van der Waals surface area contributed by atoms with Crippen molar-refractivity contribution in [2.75, 3.05) is 40.8 Å². The van der Waals surface area contributed by atoms with Crippen molar-refractivity contribution in [2.45, 2.75) is 31.7 Å². The highest BCUT2D eigenvalue weighted by Gasteiger charge is 2.17. The van der Waals surface area contributed by atoms with Crippen molar-refractivity contribution >= 4 is 5.91 Å². The Balaban J connectivity index is 2.14. The van der Waals surface area contributed by atoms with E-state index in [9.17, 15) is 4.79 Å². The van der Waals surface area contributed by atoms with Crippen LogP contribution in [0.15, 0.2) is 0 Å². The smallest absolute Gasteiger partial charge is 0.222 e. The fourth-order valence-corrected chi connectivity index (χ4v) is 2.06. The maximum Gasteiger partial charge on any atom is 0.222 e. The second-order valence-electron chi connectivity index (χ2n) is 4.77. The Kier molecular flexibility index (Phi) is 5.77. The first-order valence-electron chi connectivity index (χ1n) is 6.15. The first-order valence-corrected chi connectivity index (χ1v) is 6.15. The zero-order valence-electron chi connectivity index (χ0n) is 10.8. The molecule has 0 saturated carbocycles. The lowest BCUT2D eigenvalue weighted by atomic mass is 10.1. The molecule has 93 valence electrons. The van der Waals surface area contributed by atoms with Gasteiger partial charge in [-0.2, -0.15) is 0 Å². The zero-order chi connectivity index (χ0) is 12.0. The number of carbonyl (C=O) groups is 1. The van der Waals surface area contributed by atoms with Crippen LogP contribution in [0.5, 0.6) is 0 Å². The van der Waals surface area contributed by atoms with Gasteiger partial charge in [-0.15, -0.1) is 0 Å². The van der Waals surface area contributed by atoms with Crippen molar-refractivity contribution in [1.29, 1.82) is 0 Å². The summed E-state index contributed by atoms with van der Waals surface area (Å²) in [6, 6.07) is 0.673. The van der Waals surface area contributed by atoms with E-state index in [4.69, 9.17) is 0 Å². The summed E-state index contributed by atoms with van der Waals surface area (Å²) in [6.07, 6.45) is 3.98. The Morgan fingerprint density at radius 2 is 1.88 bits per heavy atom. The van der Waals surface area contributed by atoms with Gasteiger partial charge in [0.05, 0.1) is 0 Å². The SMILES string of the molecule is CN(C)C(=O)CCCN(C)C1CC[N]CC1. The first-order chi connectivity index (χ1) is 7.61. The van der Waals surface area contributed by atoms with Gasteiger partial charge in [0.2, 0.25) is 5.91 Å². The molecule has 0 aromatic carbocycles. The monoisotopic (exact) mass is 226 g/mol. The summed E-state index contributed by atoms with van der Waals surface area (Å²) >= 11 is 0. The highest BCUT2D eigenvalue weighted by atomic mass is 16.2. The number of amides is 1. The van der Waals surface area contributed by atoms with Crippen molar-refractivity contribution in [3.63, 3.8) is 0 Å². The van der Waals surface area contributed by atoms with Gasteiger partial charge < -0.3 is 9.80 Å². The third kappa shape index (κ3) is 4.49. The normalized spacial score (nSPS) is 17.8. The molecule has 1 rings (SSSR count). The quantitative estimate of drug-likeness (QED) is 0.687. The summed E-state index contributed by atoms with van der Waals surface area (Å²) < 4.78 is 0. The molecule has 1 aliphatic heterocycles. The highest BCUT2D eigenvalue weighted by Crippen LogP contribution is 2.11. The first kappa shape index (κ1) is 13.5. The average molecular weight is 226 g/mol. The Morgan fingerprint density at radius 3 is 2.44 bits per heavy atom. The molecule has 0 aliphatic carbocycles. The molecule has 0 bridgehead atoms. The predicted octanol–water partition coefficient (Wildman–Crippen LogP) is 0.553. The zero-order valence-corrected chi connectivity index (χ0v) is 10.8. The maximum absolute atomic E-state index is 11.4. The Hall–Kier alpha value is -0.610. The highest BCUT2D eigenvalue weighted by molar-refractivity contribution is 5.75. The van der Waals surface area contributed by atoms with E-state index in [1.807, 2.05) is 14.1 Å². The Bertz CT molecular complexity index is 212.